The molecular weight excluding hydrogens is 414 g/mol. The molecule has 1 N–H and O–H groups in total. The van der Waals surface area contributed by atoms with Crippen molar-refractivity contribution in [2.75, 3.05) is 6.54 Å². The molecule has 3 aromatic rings. The lowest BCUT2D eigenvalue weighted by molar-refractivity contribution is -0.384. The third kappa shape index (κ3) is 4.20. The number of hydrogen-bond donors (Lipinski definition) is 1. The van der Waals surface area contributed by atoms with Gasteiger partial charge in [-0.15, -0.1) is 5.10 Å². The number of hydrogen-bond acceptors (Lipinski definition) is 5. The summed E-state index contributed by atoms with van der Waals surface area (Å²) < 4.78 is 2.41. The fourth-order valence-electron chi connectivity index (χ4n) is 2.62. The Hall–Kier alpha value is -3.07. The van der Waals surface area contributed by atoms with Crippen LogP contribution in [-0.2, 0) is 6.42 Å². The maximum Gasteiger partial charge on any atom is 0.273 e. The van der Waals surface area contributed by atoms with Gasteiger partial charge in [0.25, 0.3) is 11.6 Å². The van der Waals surface area contributed by atoms with Crippen LogP contribution in [0.15, 0.2) is 53.0 Å². The minimum absolute atomic E-state index is 0.0539. The summed E-state index contributed by atoms with van der Waals surface area (Å²) in [4.78, 5) is 22.9. The molecule has 8 nitrogen and oxygen atoms in total. The van der Waals surface area contributed by atoms with Gasteiger partial charge in [0.2, 0.25) is 0 Å². The number of nitrogens with zero attached hydrogens (tertiary/aromatic N) is 4. The molecule has 1 amide bonds. The average molecular weight is 430 g/mol. The second kappa shape index (κ2) is 8.09. The van der Waals surface area contributed by atoms with Crippen molar-refractivity contribution in [1.29, 1.82) is 0 Å². The number of nitro benzene ring substituents is 1. The highest BCUT2D eigenvalue weighted by Crippen LogP contribution is 2.18. The van der Waals surface area contributed by atoms with Gasteiger partial charge >= 0.3 is 0 Å². The van der Waals surface area contributed by atoms with E-state index in [4.69, 9.17) is 0 Å². The molecule has 0 unspecified atom stereocenters. The Morgan fingerprint density at radius 1 is 1.26 bits per heavy atom. The molecule has 0 aliphatic rings. The Labute approximate surface area is 163 Å². The summed E-state index contributed by atoms with van der Waals surface area (Å²) in [5, 5.41) is 21.7. The molecule has 138 valence electrons. The fraction of sp³-hybridized carbons (Fsp3) is 0.167. The van der Waals surface area contributed by atoms with E-state index in [0.29, 0.717) is 24.3 Å². The van der Waals surface area contributed by atoms with Gasteiger partial charge in [-0.1, -0.05) is 45.4 Å². The van der Waals surface area contributed by atoms with Crippen LogP contribution in [0.25, 0.3) is 5.69 Å². The predicted molar refractivity (Wildman–Crippen MR) is 103 cm³/mol. The second-order valence-corrected chi connectivity index (χ2v) is 6.66. The topological polar surface area (TPSA) is 103 Å². The van der Waals surface area contributed by atoms with E-state index in [1.165, 1.54) is 16.8 Å². The smallest absolute Gasteiger partial charge is 0.273 e. The molecule has 1 heterocycles. The molecule has 0 saturated carbocycles. The van der Waals surface area contributed by atoms with Crippen LogP contribution in [0.2, 0.25) is 0 Å². The third-order valence-electron chi connectivity index (χ3n) is 4.03. The summed E-state index contributed by atoms with van der Waals surface area (Å²) in [7, 11) is 0. The molecule has 9 heteroatoms. The summed E-state index contributed by atoms with van der Waals surface area (Å²) in [5.74, 6) is -0.337. The van der Waals surface area contributed by atoms with Crippen molar-refractivity contribution in [1.82, 2.24) is 20.3 Å². The van der Waals surface area contributed by atoms with Gasteiger partial charge in [0, 0.05) is 23.2 Å². The number of aromatic nitrogens is 3. The van der Waals surface area contributed by atoms with Crippen LogP contribution in [0.4, 0.5) is 5.69 Å². The van der Waals surface area contributed by atoms with Gasteiger partial charge in [-0.05, 0) is 31.0 Å². The third-order valence-corrected chi connectivity index (χ3v) is 4.81. The lowest BCUT2D eigenvalue weighted by atomic mass is 10.1. The molecule has 0 radical (unpaired) electrons. The van der Waals surface area contributed by atoms with E-state index in [1.54, 1.807) is 19.1 Å². The molecule has 0 aliphatic carbocycles. The largest absolute Gasteiger partial charge is 0.350 e. The number of halogens is 1. The summed E-state index contributed by atoms with van der Waals surface area (Å²) in [6.07, 6.45) is 0.672. The SMILES string of the molecule is Cc1c(C(=O)NCCc2ccccc2Br)nnn1-c1cccc([N+](=O)[O-])c1. The van der Waals surface area contributed by atoms with E-state index < -0.39 is 4.92 Å². The normalized spacial score (nSPS) is 10.6. The van der Waals surface area contributed by atoms with E-state index in [-0.39, 0.29) is 17.3 Å². The minimum Gasteiger partial charge on any atom is -0.350 e. The number of nitrogens with one attached hydrogen (secondary N) is 1. The number of nitro groups is 1. The Bertz CT molecular complexity index is 1000. The van der Waals surface area contributed by atoms with Gasteiger partial charge in [-0.2, -0.15) is 0 Å². The van der Waals surface area contributed by atoms with Gasteiger partial charge < -0.3 is 5.32 Å². The van der Waals surface area contributed by atoms with Gasteiger partial charge in [0.1, 0.15) is 0 Å². The Kier molecular flexibility index (Phi) is 5.60. The molecular formula is C18H16BrN5O3. The first-order chi connectivity index (χ1) is 13.0. The summed E-state index contributed by atoms with van der Waals surface area (Å²) in [5.41, 5.74) is 2.21. The van der Waals surface area contributed by atoms with Crippen LogP contribution in [0.1, 0.15) is 21.7 Å². The van der Waals surface area contributed by atoms with Crippen LogP contribution in [0.3, 0.4) is 0 Å². The van der Waals surface area contributed by atoms with E-state index in [0.717, 1.165) is 10.0 Å². The molecule has 0 bridgehead atoms. The van der Waals surface area contributed by atoms with Crippen molar-refractivity contribution >= 4 is 27.5 Å². The number of rotatable bonds is 6. The average Bonchev–Trinajstić information content (AvgIpc) is 3.05. The number of benzene rings is 2. The van der Waals surface area contributed by atoms with Crippen molar-refractivity contribution in [3.8, 4) is 5.69 Å². The quantitative estimate of drug-likeness (QED) is 0.478. The summed E-state index contributed by atoms with van der Waals surface area (Å²) >= 11 is 3.48. The van der Waals surface area contributed by atoms with Crippen LogP contribution >= 0.6 is 15.9 Å². The van der Waals surface area contributed by atoms with Crippen LogP contribution in [0, 0.1) is 17.0 Å². The molecule has 0 fully saturated rings. The zero-order chi connectivity index (χ0) is 19.4. The van der Waals surface area contributed by atoms with Crippen molar-refractivity contribution < 1.29 is 9.72 Å². The van der Waals surface area contributed by atoms with Crippen molar-refractivity contribution in [3.63, 3.8) is 0 Å². The minimum atomic E-state index is -0.481. The van der Waals surface area contributed by atoms with Crippen LogP contribution < -0.4 is 5.32 Å². The lowest BCUT2D eigenvalue weighted by Crippen LogP contribution is -2.26. The van der Waals surface area contributed by atoms with Crippen molar-refractivity contribution in [3.05, 3.63) is 80.1 Å². The summed E-state index contributed by atoms with van der Waals surface area (Å²) in [6.45, 7) is 2.14. The highest BCUT2D eigenvalue weighted by atomic mass is 79.9. The van der Waals surface area contributed by atoms with Crippen molar-refractivity contribution in [2.45, 2.75) is 13.3 Å². The molecule has 0 saturated heterocycles. The summed E-state index contributed by atoms with van der Waals surface area (Å²) in [6, 6.07) is 13.8. The van der Waals surface area contributed by atoms with Gasteiger partial charge in [-0.25, -0.2) is 4.68 Å². The predicted octanol–water partition coefficient (Wildman–Crippen LogP) is 3.22. The molecule has 0 spiro atoms. The second-order valence-electron chi connectivity index (χ2n) is 5.81. The molecule has 0 aliphatic heterocycles. The lowest BCUT2D eigenvalue weighted by Gasteiger charge is -2.06. The molecule has 0 atom stereocenters. The standard InChI is InChI=1S/C18H16BrN5O3/c1-12-17(18(25)20-10-9-13-5-2-3-8-16(13)19)21-22-23(12)14-6-4-7-15(11-14)24(26)27/h2-8,11H,9-10H2,1H3,(H,20,25). The maximum atomic E-state index is 12.4. The highest BCUT2D eigenvalue weighted by molar-refractivity contribution is 9.10. The highest BCUT2D eigenvalue weighted by Gasteiger charge is 2.18. The zero-order valence-electron chi connectivity index (χ0n) is 14.4. The van der Waals surface area contributed by atoms with Gasteiger partial charge in [-0.3, -0.25) is 14.9 Å². The number of carbonyl (C=O) groups is 1. The molecule has 2 aromatic carbocycles. The number of carbonyl (C=O) groups excluding carboxylic acids is 1. The van der Waals surface area contributed by atoms with E-state index in [1.807, 2.05) is 24.3 Å². The monoisotopic (exact) mass is 429 g/mol. The Morgan fingerprint density at radius 2 is 2.04 bits per heavy atom. The van der Waals surface area contributed by atoms with Gasteiger partial charge in [0.05, 0.1) is 16.3 Å². The first kappa shape index (κ1) is 18.7. The van der Waals surface area contributed by atoms with Crippen LogP contribution in [0.5, 0.6) is 0 Å². The molecule has 1 aromatic heterocycles. The fourth-order valence-corrected chi connectivity index (χ4v) is 3.10. The van der Waals surface area contributed by atoms with E-state index >= 15 is 0 Å². The molecule has 27 heavy (non-hydrogen) atoms. The van der Waals surface area contributed by atoms with Crippen molar-refractivity contribution in [2.24, 2.45) is 0 Å². The van der Waals surface area contributed by atoms with Crippen LogP contribution in [-0.4, -0.2) is 32.4 Å². The number of non-ortho nitro benzene ring substituents is 1. The maximum absolute atomic E-state index is 12.4. The Morgan fingerprint density at radius 3 is 2.78 bits per heavy atom. The Balaban J connectivity index is 1.71. The first-order valence-electron chi connectivity index (χ1n) is 8.16. The molecule has 3 rings (SSSR count). The number of amides is 1. The van der Waals surface area contributed by atoms with E-state index in [2.05, 4.69) is 31.6 Å². The van der Waals surface area contributed by atoms with Gasteiger partial charge in [0.15, 0.2) is 5.69 Å². The van der Waals surface area contributed by atoms with E-state index in [9.17, 15) is 14.9 Å². The zero-order valence-corrected chi connectivity index (χ0v) is 16.0. The first-order valence-corrected chi connectivity index (χ1v) is 8.95.